The molecule has 94 valence electrons. The molecule has 1 saturated heterocycles. The summed E-state index contributed by atoms with van der Waals surface area (Å²) in [4.78, 5) is 19.9. The number of nitrogens with zero attached hydrogens (tertiary/aromatic N) is 3. The van der Waals surface area contributed by atoms with Crippen LogP contribution >= 0.6 is 0 Å². The summed E-state index contributed by atoms with van der Waals surface area (Å²) >= 11 is 0. The average Bonchev–Trinajstić information content (AvgIpc) is 2.98. The van der Waals surface area contributed by atoms with Gasteiger partial charge in [0.25, 0.3) is 0 Å². The smallest absolute Gasteiger partial charge is 0.222 e. The van der Waals surface area contributed by atoms with Gasteiger partial charge in [0.1, 0.15) is 5.82 Å². The quantitative estimate of drug-likeness (QED) is 0.714. The lowest BCUT2D eigenvalue weighted by Gasteiger charge is -2.13. The van der Waals surface area contributed by atoms with Crippen LogP contribution < -0.4 is 16.0 Å². The van der Waals surface area contributed by atoms with Gasteiger partial charge in [-0.15, -0.1) is 0 Å². The number of fused-ring (bicyclic) bond motifs is 1. The van der Waals surface area contributed by atoms with E-state index >= 15 is 0 Å². The molecule has 3 heterocycles. The molecule has 7 nitrogen and oxygen atoms in total. The Morgan fingerprint density at radius 1 is 1.56 bits per heavy atom. The molecule has 7 heteroatoms. The molecule has 3 rings (SSSR count). The van der Waals surface area contributed by atoms with Gasteiger partial charge in [0.2, 0.25) is 5.91 Å². The van der Waals surface area contributed by atoms with Gasteiger partial charge in [-0.25, -0.2) is 9.97 Å². The van der Waals surface area contributed by atoms with E-state index in [0.717, 1.165) is 11.5 Å². The Kier molecular flexibility index (Phi) is 2.51. The predicted molar refractivity (Wildman–Crippen MR) is 67.6 cm³/mol. The molecular formula is C11H14N6O. The maximum Gasteiger partial charge on any atom is 0.222 e. The van der Waals surface area contributed by atoms with Crippen LogP contribution in [0.5, 0.6) is 0 Å². The molecule has 1 amide bonds. The van der Waals surface area contributed by atoms with Crippen molar-refractivity contribution >= 4 is 23.2 Å². The van der Waals surface area contributed by atoms with Crippen LogP contribution in [0.3, 0.4) is 0 Å². The maximum atomic E-state index is 11.2. The molecule has 3 N–H and O–H groups in total. The van der Waals surface area contributed by atoms with E-state index in [1.807, 2.05) is 23.8 Å². The SMILES string of the molecule is CNc1cn2ccnc2c(NC2CNC(=O)C2)n1. The minimum atomic E-state index is 0.0663. The van der Waals surface area contributed by atoms with Gasteiger partial charge in [0.05, 0.1) is 12.2 Å². The third-order valence-corrected chi connectivity index (χ3v) is 2.95. The molecule has 0 radical (unpaired) electrons. The van der Waals surface area contributed by atoms with Crippen molar-refractivity contribution in [3.63, 3.8) is 0 Å². The highest BCUT2D eigenvalue weighted by atomic mass is 16.1. The largest absolute Gasteiger partial charge is 0.372 e. The summed E-state index contributed by atoms with van der Waals surface area (Å²) in [7, 11) is 1.82. The summed E-state index contributed by atoms with van der Waals surface area (Å²) in [5.41, 5.74) is 0.758. The van der Waals surface area contributed by atoms with Gasteiger partial charge in [-0.3, -0.25) is 4.79 Å². The van der Waals surface area contributed by atoms with Crippen molar-refractivity contribution in [2.75, 3.05) is 24.2 Å². The minimum absolute atomic E-state index is 0.0663. The van der Waals surface area contributed by atoms with E-state index in [4.69, 9.17) is 0 Å². The number of amides is 1. The van der Waals surface area contributed by atoms with Gasteiger partial charge in [0, 0.05) is 32.4 Å². The van der Waals surface area contributed by atoms with Crippen molar-refractivity contribution < 1.29 is 4.79 Å². The van der Waals surface area contributed by atoms with Gasteiger partial charge in [-0.2, -0.15) is 0 Å². The molecule has 1 fully saturated rings. The van der Waals surface area contributed by atoms with E-state index < -0.39 is 0 Å². The molecule has 0 saturated carbocycles. The number of hydrogen-bond donors (Lipinski definition) is 3. The first-order valence-corrected chi connectivity index (χ1v) is 5.81. The Hall–Kier alpha value is -2.31. The zero-order chi connectivity index (χ0) is 12.5. The van der Waals surface area contributed by atoms with E-state index in [0.29, 0.717) is 18.8 Å². The summed E-state index contributed by atoms with van der Waals surface area (Å²) in [6, 6.07) is 0.0672. The highest BCUT2D eigenvalue weighted by molar-refractivity contribution is 5.80. The first kappa shape index (κ1) is 10.8. The third-order valence-electron chi connectivity index (χ3n) is 2.95. The number of carbonyl (C=O) groups excluding carboxylic acids is 1. The normalized spacial score (nSPS) is 18.9. The van der Waals surface area contributed by atoms with Gasteiger partial charge in [0.15, 0.2) is 11.5 Å². The molecule has 1 aliphatic heterocycles. The zero-order valence-corrected chi connectivity index (χ0v) is 9.97. The van der Waals surface area contributed by atoms with Crippen LogP contribution in [0.1, 0.15) is 6.42 Å². The second-order valence-electron chi connectivity index (χ2n) is 4.23. The van der Waals surface area contributed by atoms with Crippen molar-refractivity contribution in [1.82, 2.24) is 19.7 Å². The van der Waals surface area contributed by atoms with Crippen LogP contribution in [0, 0.1) is 0 Å². The topological polar surface area (TPSA) is 83.4 Å². The number of aromatic nitrogens is 3. The van der Waals surface area contributed by atoms with Crippen molar-refractivity contribution in [1.29, 1.82) is 0 Å². The highest BCUT2D eigenvalue weighted by Crippen LogP contribution is 2.18. The Balaban J connectivity index is 1.94. The van der Waals surface area contributed by atoms with Gasteiger partial charge in [-0.05, 0) is 0 Å². The van der Waals surface area contributed by atoms with Gasteiger partial charge in [-0.1, -0.05) is 0 Å². The Morgan fingerprint density at radius 2 is 2.44 bits per heavy atom. The maximum absolute atomic E-state index is 11.2. The standard InChI is InChI=1S/C11H14N6O/c1-12-8-6-17-3-2-13-11(17)10(16-8)15-7-4-9(18)14-5-7/h2-3,6-7,12H,4-5H2,1H3,(H,14,18)(H,15,16). The Labute approximate surface area is 104 Å². The average molecular weight is 246 g/mol. The molecular weight excluding hydrogens is 232 g/mol. The highest BCUT2D eigenvalue weighted by Gasteiger charge is 2.22. The Morgan fingerprint density at radius 3 is 3.17 bits per heavy atom. The van der Waals surface area contributed by atoms with Crippen LogP contribution in [0.4, 0.5) is 11.6 Å². The molecule has 0 spiro atoms. The first-order chi connectivity index (χ1) is 8.76. The zero-order valence-electron chi connectivity index (χ0n) is 9.97. The van der Waals surface area contributed by atoms with E-state index in [2.05, 4.69) is 25.9 Å². The van der Waals surface area contributed by atoms with Crippen molar-refractivity contribution in [2.45, 2.75) is 12.5 Å². The summed E-state index contributed by atoms with van der Waals surface area (Å²) in [5, 5.41) is 9.05. The number of imidazole rings is 1. The number of anilines is 2. The van der Waals surface area contributed by atoms with Crippen LogP contribution in [0.15, 0.2) is 18.6 Å². The lowest BCUT2D eigenvalue weighted by atomic mass is 10.2. The summed E-state index contributed by atoms with van der Waals surface area (Å²) in [6.07, 6.45) is 5.92. The second-order valence-corrected chi connectivity index (χ2v) is 4.23. The number of carbonyl (C=O) groups is 1. The van der Waals surface area contributed by atoms with E-state index in [-0.39, 0.29) is 11.9 Å². The molecule has 18 heavy (non-hydrogen) atoms. The van der Waals surface area contributed by atoms with Crippen LogP contribution in [0.2, 0.25) is 0 Å². The molecule has 0 bridgehead atoms. The van der Waals surface area contributed by atoms with E-state index in [1.165, 1.54) is 0 Å². The molecule has 2 aromatic heterocycles. The van der Waals surface area contributed by atoms with Crippen molar-refractivity contribution in [3.05, 3.63) is 18.6 Å². The fourth-order valence-corrected chi connectivity index (χ4v) is 2.05. The van der Waals surface area contributed by atoms with Crippen LogP contribution in [-0.4, -0.2) is 39.9 Å². The third kappa shape index (κ3) is 1.83. The Bertz CT molecular complexity index is 592. The molecule has 2 aromatic rings. The minimum Gasteiger partial charge on any atom is -0.372 e. The summed E-state index contributed by atoms with van der Waals surface area (Å²) in [5.74, 6) is 1.50. The van der Waals surface area contributed by atoms with Crippen LogP contribution in [-0.2, 0) is 4.79 Å². The molecule has 1 unspecified atom stereocenters. The summed E-state index contributed by atoms with van der Waals surface area (Å²) < 4.78 is 1.89. The van der Waals surface area contributed by atoms with E-state index in [9.17, 15) is 4.79 Å². The first-order valence-electron chi connectivity index (χ1n) is 5.81. The molecule has 0 aromatic carbocycles. The van der Waals surface area contributed by atoms with Crippen molar-refractivity contribution in [3.8, 4) is 0 Å². The number of nitrogens with one attached hydrogen (secondary N) is 3. The monoisotopic (exact) mass is 246 g/mol. The predicted octanol–water partition coefficient (Wildman–Crippen LogP) is 0.0714. The molecule has 0 aliphatic carbocycles. The number of rotatable bonds is 3. The van der Waals surface area contributed by atoms with E-state index in [1.54, 1.807) is 6.20 Å². The fourth-order valence-electron chi connectivity index (χ4n) is 2.05. The fraction of sp³-hybridized carbons (Fsp3) is 0.364. The van der Waals surface area contributed by atoms with Gasteiger partial charge >= 0.3 is 0 Å². The second kappa shape index (κ2) is 4.17. The number of hydrogen-bond acceptors (Lipinski definition) is 5. The molecule has 1 aliphatic rings. The lowest BCUT2D eigenvalue weighted by Crippen LogP contribution is -2.23. The lowest BCUT2D eigenvalue weighted by molar-refractivity contribution is -0.119. The van der Waals surface area contributed by atoms with Gasteiger partial charge < -0.3 is 20.4 Å². The molecule has 1 atom stereocenters. The summed E-state index contributed by atoms with van der Waals surface area (Å²) in [6.45, 7) is 0.622. The van der Waals surface area contributed by atoms with Crippen molar-refractivity contribution in [2.24, 2.45) is 0 Å². The van der Waals surface area contributed by atoms with Crippen LogP contribution in [0.25, 0.3) is 5.65 Å².